The van der Waals surface area contributed by atoms with Crippen LogP contribution in [-0.4, -0.2) is 52.6 Å². The monoisotopic (exact) mass is 416 g/mol. The summed E-state index contributed by atoms with van der Waals surface area (Å²) in [6.07, 6.45) is 9.20. The van der Waals surface area contributed by atoms with Crippen LogP contribution < -0.4 is 10.2 Å². The third-order valence-electron chi connectivity index (χ3n) is 4.37. The maximum Gasteiger partial charge on any atom is 0.262 e. The van der Waals surface area contributed by atoms with E-state index in [0.717, 1.165) is 12.7 Å². The number of rotatable bonds is 6. The van der Waals surface area contributed by atoms with E-state index < -0.39 is 9.84 Å². The van der Waals surface area contributed by atoms with Crippen LogP contribution in [0.4, 0.5) is 11.6 Å². The van der Waals surface area contributed by atoms with E-state index in [2.05, 4.69) is 44.3 Å². The van der Waals surface area contributed by atoms with Crippen molar-refractivity contribution in [3.05, 3.63) is 42.0 Å². The molecule has 2 aromatic heterocycles. The van der Waals surface area contributed by atoms with Crippen molar-refractivity contribution < 1.29 is 13.2 Å². The Balaban J connectivity index is 1.86. The minimum atomic E-state index is -3.53. The molecule has 0 saturated heterocycles. The van der Waals surface area contributed by atoms with Crippen LogP contribution in [0, 0.1) is 0 Å². The molecule has 3 rings (SSSR count). The molecular weight excluding hydrogens is 392 g/mol. The summed E-state index contributed by atoms with van der Waals surface area (Å²) in [5.74, 6) is 0.740. The van der Waals surface area contributed by atoms with Gasteiger partial charge in [0.25, 0.3) is 5.91 Å². The van der Waals surface area contributed by atoms with E-state index in [-0.39, 0.29) is 22.2 Å². The lowest BCUT2D eigenvalue weighted by Crippen LogP contribution is -2.39. The number of amides is 1. The van der Waals surface area contributed by atoms with Crippen LogP contribution in [0.15, 0.2) is 35.9 Å². The molecule has 10 heteroatoms. The van der Waals surface area contributed by atoms with E-state index in [0.29, 0.717) is 30.3 Å². The summed E-state index contributed by atoms with van der Waals surface area (Å²) in [6, 6.07) is 1.72. The number of carbonyl (C=O) groups is 1. The first-order chi connectivity index (χ1) is 13.6. The van der Waals surface area contributed by atoms with Gasteiger partial charge in [0, 0.05) is 31.5 Å². The SMILES string of the molecule is CC/C=C\C(C)(C)Nc1cc(N2CCc3nc(S(C)(=O)=O)ncc3C2=O)ncn1. The van der Waals surface area contributed by atoms with Gasteiger partial charge in [-0.3, -0.25) is 9.69 Å². The van der Waals surface area contributed by atoms with Crippen LogP contribution in [0.3, 0.4) is 0 Å². The zero-order valence-corrected chi connectivity index (χ0v) is 17.7. The van der Waals surface area contributed by atoms with Gasteiger partial charge < -0.3 is 5.32 Å². The largest absolute Gasteiger partial charge is 0.362 e. The van der Waals surface area contributed by atoms with Gasteiger partial charge in [-0.1, -0.05) is 19.1 Å². The van der Waals surface area contributed by atoms with Crippen LogP contribution in [0.25, 0.3) is 0 Å². The summed E-state index contributed by atoms with van der Waals surface area (Å²) >= 11 is 0. The summed E-state index contributed by atoms with van der Waals surface area (Å²) in [7, 11) is -3.53. The molecule has 0 saturated carbocycles. The number of anilines is 2. The molecule has 3 heterocycles. The summed E-state index contributed by atoms with van der Waals surface area (Å²) < 4.78 is 23.3. The quantitative estimate of drug-likeness (QED) is 0.561. The standard InChI is InChI=1S/C19H24N6O3S/c1-5-6-8-19(2,3)24-15-10-16(22-12-21-15)25-9-7-14-13(17(25)26)11-20-18(23-14)29(4,27)28/h6,8,10-12H,5,7,9H2,1-4H3,(H,21,22,24)/b8-6-. The number of fused-ring (bicyclic) bond motifs is 1. The second kappa shape index (κ2) is 7.86. The van der Waals surface area contributed by atoms with E-state index in [1.54, 1.807) is 6.07 Å². The van der Waals surface area contributed by atoms with Crippen molar-refractivity contribution in [2.75, 3.05) is 23.0 Å². The number of sulfone groups is 1. The molecule has 29 heavy (non-hydrogen) atoms. The lowest BCUT2D eigenvalue weighted by molar-refractivity contribution is 0.0978. The summed E-state index contributed by atoms with van der Waals surface area (Å²) in [5.41, 5.74) is 0.402. The predicted octanol–water partition coefficient (Wildman–Crippen LogP) is 2.03. The predicted molar refractivity (Wildman–Crippen MR) is 110 cm³/mol. The zero-order valence-electron chi connectivity index (χ0n) is 16.9. The zero-order chi connectivity index (χ0) is 21.2. The van der Waals surface area contributed by atoms with E-state index in [9.17, 15) is 13.2 Å². The average Bonchev–Trinajstić information content (AvgIpc) is 2.65. The Labute approximate surface area is 170 Å². The van der Waals surface area contributed by atoms with Crippen molar-refractivity contribution in [3.63, 3.8) is 0 Å². The van der Waals surface area contributed by atoms with E-state index in [1.165, 1.54) is 17.4 Å². The topological polar surface area (TPSA) is 118 Å². The van der Waals surface area contributed by atoms with Gasteiger partial charge in [-0.15, -0.1) is 0 Å². The smallest absolute Gasteiger partial charge is 0.262 e. The Kier molecular flexibility index (Phi) is 5.65. The third-order valence-corrected chi connectivity index (χ3v) is 5.23. The Morgan fingerprint density at radius 3 is 2.72 bits per heavy atom. The van der Waals surface area contributed by atoms with Gasteiger partial charge in [0.05, 0.1) is 16.8 Å². The van der Waals surface area contributed by atoms with E-state index in [4.69, 9.17) is 0 Å². The first-order valence-electron chi connectivity index (χ1n) is 9.26. The van der Waals surface area contributed by atoms with Gasteiger partial charge in [-0.2, -0.15) is 0 Å². The first-order valence-corrected chi connectivity index (χ1v) is 11.2. The van der Waals surface area contributed by atoms with Crippen molar-refractivity contribution >= 4 is 27.4 Å². The highest BCUT2D eigenvalue weighted by molar-refractivity contribution is 7.90. The van der Waals surface area contributed by atoms with Gasteiger partial charge >= 0.3 is 0 Å². The highest BCUT2D eigenvalue weighted by Gasteiger charge is 2.29. The van der Waals surface area contributed by atoms with Crippen molar-refractivity contribution in [1.29, 1.82) is 0 Å². The maximum absolute atomic E-state index is 12.9. The van der Waals surface area contributed by atoms with Crippen LogP contribution in [-0.2, 0) is 16.3 Å². The summed E-state index contributed by atoms with van der Waals surface area (Å²) in [5, 5.41) is 3.05. The Hall–Kier alpha value is -2.88. The Bertz CT molecular complexity index is 1070. The maximum atomic E-state index is 12.9. The average molecular weight is 417 g/mol. The fourth-order valence-electron chi connectivity index (χ4n) is 2.98. The van der Waals surface area contributed by atoms with Crippen molar-refractivity contribution in [1.82, 2.24) is 19.9 Å². The molecule has 0 aliphatic carbocycles. The number of hydrogen-bond acceptors (Lipinski definition) is 8. The van der Waals surface area contributed by atoms with Crippen LogP contribution in [0.1, 0.15) is 43.2 Å². The number of allylic oxidation sites excluding steroid dienone is 1. The minimum Gasteiger partial charge on any atom is -0.362 e. The molecule has 0 fully saturated rings. The third kappa shape index (κ3) is 4.76. The number of carbonyl (C=O) groups excluding carboxylic acids is 1. The Morgan fingerprint density at radius 1 is 1.28 bits per heavy atom. The van der Waals surface area contributed by atoms with Gasteiger partial charge in [0.2, 0.25) is 15.0 Å². The molecule has 0 radical (unpaired) electrons. The molecule has 9 nitrogen and oxygen atoms in total. The number of nitrogens with zero attached hydrogens (tertiary/aromatic N) is 5. The number of aromatic nitrogens is 4. The molecule has 0 spiro atoms. The van der Waals surface area contributed by atoms with Gasteiger partial charge in [0.15, 0.2) is 0 Å². The van der Waals surface area contributed by atoms with Gasteiger partial charge in [0.1, 0.15) is 18.0 Å². The number of hydrogen-bond donors (Lipinski definition) is 1. The summed E-state index contributed by atoms with van der Waals surface area (Å²) in [4.78, 5) is 30.8. The molecule has 1 amide bonds. The van der Waals surface area contributed by atoms with Gasteiger partial charge in [-0.05, 0) is 20.3 Å². The minimum absolute atomic E-state index is 0.270. The lowest BCUT2D eigenvalue weighted by atomic mass is 10.0. The Morgan fingerprint density at radius 2 is 2.03 bits per heavy atom. The molecule has 154 valence electrons. The fourth-order valence-corrected chi connectivity index (χ4v) is 3.50. The number of nitrogens with one attached hydrogen (secondary N) is 1. The molecule has 0 unspecified atom stereocenters. The van der Waals surface area contributed by atoms with Crippen LogP contribution in [0.2, 0.25) is 0 Å². The molecule has 1 aliphatic rings. The highest BCUT2D eigenvalue weighted by Crippen LogP contribution is 2.24. The second-order valence-electron chi connectivity index (χ2n) is 7.41. The van der Waals surface area contributed by atoms with E-state index >= 15 is 0 Å². The van der Waals surface area contributed by atoms with Crippen molar-refractivity contribution in [2.45, 2.75) is 44.3 Å². The van der Waals surface area contributed by atoms with Gasteiger partial charge in [-0.25, -0.2) is 28.4 Å². The molecule has 0 atom stereocenters. The van der Waals surface area contributed by atoms with E-state index in [1.807, 2.05) is 13.8 Å². The normalized spacial score (nSPS) is 14.9. The molecule has 0 aromatic carbocycles. The lowest BCUT2D eigenvalue weighted by Gasteiger charge is -2.28. The first kappa shape index (κ1) is 20.8. The van der Waals surface area contributed by atoms with Crippen LogP contribution >= 0.6 is 0 Å². The molecule has 2 aromatic rings. The fraction of sp³-hybridized carbons (Fsp3) is 0.421. The van der Waals surface area contributed by atoms with Crippen LogP contribution in [0.5, 0.6) is 0 Å². The summed E-state index contributed by atoms with van der Waals surface area (Å²) in [6.45, 7) is 6.46. The van der Waals surface area contributed by atoms with Crippen molar-refractivity contribution in [2.24, 2.45) is 0 Å². The molecular formula is C19H24N6O3S. The molecule has 1 N–H and O–H groups in total. The van der Waals surface area contributed by atoms with Crippen molar-refractivity contribution in [3.8, 4) is 0 Å². The second-order valence-corrected chi connectivity index (χ2v) is 9.32. The highest BCUT2D eigenvalue weighted by atomic mass is 32.2. The molecule has 1 aliphatic heterocycles. The molecule has 0 bridgehead atoms.